The van der Waals surface area contributed by atoms with E-state index in [0.29, 0.717) is 25.3 Å². The summed E-state index contributed by atoms with van der Waals surface area (Å²) in [6.07, 6.45) is 3.05. The van der Waals surface area contributed by atoms with Crippen LogP contribution in [0.1, 0.15) is 12.5 Å². The van der Waals surface area contributed by atoms with E-state index in [1.54, 1.807) is 23.1 Å². The first-order chi connectivity index (χ1) is 10.3. The zero-order valence-corrected chi connectivity index (χ0v) is 12.8. The first kappa shape index (κ1) is 16.9. The first-order valence-electron chi connectivity index (χ1n) is 6.78. The van der Waals surface area contributed by atoms with Gasteiger partial charge in [-0.1, -0.05) is 12.1 Å². The number of morpholine rings is 1. The van der Waals surface area contributed by atoms with Gasteiger partial charge in [0.1, 0.15) is 0 Å². The van der Waals surface area contributed by atoms with Crippen molar-refractivity contribution in [2.24, 2.45) is 0 Å². The quantitative estimate of drug-likeness (QED) is 0.626. The summed E-state index contributed by atoms with van der Waals surface area (Å²) in [6.45, 7) is 3.52. The third-order valence-electron chi connectivity index (χ3n) is 3.08. The predicted octanol–water partition coefficient (Wildman–Crippen LogP) is 3.56. The molecule has 1 fully saturated rings. The van der Waals surface area contributed by atoms with Gasteiger partial charge in [-0.15, -0.1) is 0 Å². The Morgan fingerprint density at radius 3 is 2.64 bits per heavy atom. The second-order valence-corrected chi connectivity index (χ2v) is 6.05. The average Bonchev–Trinajstić information content (AvgIpc) is 2.44. The number of nitrogens with zero attached hydrogens (tertiary/aromatic N) is 1. The maximum atomic E-state index is 12.2. The number of thioether (sulfide) groups is 1. The van der Waals surface area contributed by atoms with E-state index in [9.17, 15) is 18.0 Å². The normalized spacial score (nSPS) is 19.6. The van der Waals surface area contributed by atoms with E-state index < -0.39 is 5.51 Å². The predicted molar refractivity (Wildman–Crippen MR) is 79.4 cm³/mol. The number of amides is 1. The van der Waals surface area contributed by atoms with Gasteiger partial charge < -0.3 is 9.64 Å². The van der Waals surface area contributed by atoms with Crippen LogP contribution in [0.25, 0.3) is 6.08 Å². The molecular weight excluding hydrogens is 315 g/mol. The minimum absolute atomic E-state index is 0.0183. The van der Waals surface area contributed by atoms with Gasteiger partial charge >= 0.3 is 5.51 Å². The molecular formula is C15H16F3NO2S. The fourth-order valence-corrected chi connectivity index (χ4v) is 2.61. The average molecular weight is 331 g/mol. The molecule has 0 spiro atoms. The van der Waals surface area contributed by atoms with Crippen LogP contribution in [0.4, 0.5) is 13.2 Å². The van der Waals surface area contributed by atoms with Crippen molar-refractivity contribution < 1.29 is 22.7 Å². The van der Waals surface area contributed by atoms with Gasteiger partial charge in [0.2, 0.25) is 5.91 Å². The Hall–Kier alpha value is -1.47. The van der Waals surface area contributed by atoms with E-state index >= 15 is 0 Å². The van der Waals surface area contributed by atoms with Crippen molar-refractivity contribution in [2.75, 3.05) is 19.7 Å². The summed E-state index contributed by atoms with van der Waals surface area (Å²) in [4.78, 5) is 13.8. The highest BCUT2D eigenvalue weighted by Crippen LogP contribution is 2.36. The lowest BCUT2D eigenvalue weighted by molar-refractivity contribution is -0.132. The lowest BCUT2D eigenvalue weighted by Gasteiger charge is -2.30. The van der Waals surface area contributed by atoms with Crippen LogP contribution in [-0.2, 0) is 9.53 Å². The standard InChI is InChI=1S/C15H16F3NO2S/c1-11-10-19(8-9-21-11)14(20)7-4-12-2-5-13(6-3-12)22-15(16,17)18/h2-7,11H,8-10H2,1H3/b7-4+. The van der Waals surface area contributed by atoms with Crippen molar-refractivity contribution in [3.63, 3.8) is 0 Å². The summed E-state index contributed by atoms with van der Waals surface area (Å²) in [5.41, 5.74) is -3.61. The number of hydrogen-bond acceptors (Lipinski definition) is 3. The summed E-state index contributed by atoms with van der Waals surface area (Å²) in [5.74, 6) is -0.121. The molecule has 120 valence electrons. The Morgan fingerprint density at radius 1 is 1.36 bits per heavy atom. The molecule has 1 aromatic carbocycles. The van der Waals surface area contributed by atoms with E-state index in [1.807, 2.05) is 6.92 Å². The molecule has 1 unspecified atom stereocenters. The first-order valence-corrected chi connectivity index (χ1v) is 7.59. The summed E-state index contributed by atoms with van der Waals surface area (Å²) in [6, 6.07) is 5.89. The smallest absolute Gasteiger partial charge is 0.375 e. The molecule has 0 saturated carbocycles. The Balaban J connectivity index is 1.93. The van der Waals surface area contributed by atoms with Gasteiger partial charge in [-0.2, -0.15) is 13.2 Å². The number of carbonyl (C=O) groups excluding carboxylic acids is 1. The molecule has 1 aliphatic heterocycles. The zero-order chi connectivity index (χ0) is 16.2. The third-order valence-corrected chi connectivity index (χ3v) is 3.82. The molecule has 22 heavy (non-hydrogen) atoms. The number of rotatable bonds is 3. The fraction of sp³-hybridized carbons (Fsp3) is 0.400. The lowest BCUT2D eigenvalue weighted by atomic mass is 10.2. The zero-order valence-electron chi connectivity index (χ0n) is 12.0. The molecule has 0 bridgehead atoms. The van der Waals surface area contributed by atoms with E-state index in [0.717, 1.165) is 0 Å². The van der Waals surface area contributed by atoms with E-state index in [2.05, 4.69) is 0 Å². The van der Waals surface area contributed by atoms with E-state index in [1.165, 1.54) is 18.2 Å². The molecule has 0 radical (unpaired) electrons. The van der Waals surface area contributed by atoms with Gasteiger partial charge in [0.25, 0.3) is 0 Å². The highest BCUT2D eigenvalue weighted by atomic mass is 32.2. The maximum Gasteiger partial charge on any atom is 0.446 e. The largest absolute Gasteiger partial charge is 0.446 e. The van der Waals surface area contributed by atoms with Crippen LogP contribution in [0, 0.1) is 0 Å². The monoisotopic (exact) mass is 331 g/mol. The topological polar surface area (TPSA) is 29.5 Å². The van der Waals surface area contributed by atoms with Crippen LogP contribution in [0.5, 0.6) is 0 Å². The van der Waals surface area contributed by atoms with Gasteiger partial charge in [-0.25, -0.2) is 0 Å². The Bertz CT molecular complexity index is 543. The number of hydrogen-bond donors (Lipinski definition) is 0. The molecule has 3 nitrogen and oxygen atoms in total. The molecule has 1 aromatic rings. The number of carbonyl (C=O) groups is 1. The molecule has 0 aromatic heterocycles. The highest BCUT2D eigenvalue weighted by Gasteiger charge is 2.28. The second-order valence-electron chi connectivity index (χ2n) is 4.92. The summed E-state index contributed by atoms with van der Waals surface area (Å²) in [7, 11) is 0. The van der Waals surface area contributed by atoms with Crippen molar-refractivity contribution in [3.8, 4) is 0 Å². The number of ether oxygens (including phenoxy) is 1. The molecule has 0 aliphatic carbocycles. The maximum absolute atomic E-state index is 12.2. The van der Waals surface area contributed by atoms with Crippen molar-refractivity contribution in [1.82, 2.24) is 4.90 Å². The third kappa shape index (κ3) is 5.38. The summed E-state index contributed by atoms with van der Waals surface area (Å²) < 4.78 is 42.0. The fourth-order valence-electron chi connectivity index (χ4n) is 2.07. The van der Waals surface area contributed by atoms with E-state index in [4.69, 9.17) is 4.74 Å². The van der Waals surface area contributed by atoms with Crippen LogP contribution in [0.2, 0.25) is 0 Å². The second kappa shape index (κ2) is 7.19. The van der Waals surface area contributed by atoms with Gasteiger partial charge in [0, 0.05) is 24.1 Å². The minimum Gasteiger partial charge on any atom is -0.375 e. The Kier molecular flexibility index (Phi) is 5.52. The lowest BCUT2D eigenvalue weighted by Crippen LogP contribution is -2.43. The van der Waals surface area contributed by atoms with Crippen molar-refractivity contribution >= 4 is 23.7 Å². The molecule has 1 aliphatic rings. The number of benzene rings is 1. The van der Waals surface area contributed by atoms with Gasteiger partial charge in [0.05, 0.1) is 12.7 Å². The van der Waals surface area contributed by atoms with Crippen molar-refractivity contribution in [3.05, 3.63) is 35.9 Å². The molecule has 1 amide bonds. The summed E-state index contributed by atoms with van der Waals surface area (Å²) >= 11 is -0.156. The molecule has 1 atom stereocenters. The van der Waals surface area contributed by atoms with Gasteiger partial charge in [-0.05, 0) is 42.5 Å². The van der Waals surface area contributed by atoms with Crippen LogP contribution in [0.3, 0.4) is 0 Å². The van der Waals surface area contributed by atoms with Crippen molar-refractivity contribution in [2.45, 2.75) is 23.4 Å². The minimum atomic E-state index is -4.29. The van der Waals surface area contributed by atoms with E-state index in [-0.39, 0.29) is 28.7 Å². The highest BCUT2D eigenvalue weighted by molar-refractivity contribution is 8.00. The summed E-state index contributed by atoms with van der Waals surface area (Å²) in [5, 5.41) is 0. The Labute approximate surface area is 131 Å². The van der Waals surface area contributed by atoms with Crippen LogP contribution in [0.15, 0.2) is 35.2 Å². The van der Waals surface area contributed by atoms with Crippen LogP contribution < -0.4 is 0 Å². The molecule has 7 heteroatoms. The SMILES string of the molecule is CC1CN(C(=O)/C=C/c2ccc(SC(F)(F)F)cc2)CCO1. The number of halogens is 3. The van der Waals surface area contributed by atoms with Crippen LogP contribution >= 0.6 is 11.8 Å². The molecule has 1 heterocycles. The molecule has 0 N–H and O–H groups in total. The molecule has 1 saturated heterocycles. The van der Waals surface area contributed by atoms with Gasteiger partial charge in [-0.3, -0.25) is 4.79 Å². The van der Waals surface area contributed by atoms with Gasteiger partial charge in [0.15, 0.2) is 0 Å². The van der Waals surface area contributed by atoms with Crippen molar-refractivity contribution in [1.29, 1.82) is 0 Å². The Morgan fingerprint density at radius 2 is 2.05 bits per heavy atom. The molecule has 2 rings (SSSR count). The number of alkyl halides is 3. The van der Waals surface area contributed by atoms with Crippen LogP contribution in [-0.4, -0.2) is 42.1 Å².